The topological polar surface area (TPSA) is 51.0 Å². The molecule has 4 heterocycles. The van der Waals surface area contributed by atoms with Gasteiger partial charge in [0.25, 0.3) is 5.91 Å². The van der Waals surface area contributed by atoms with Crippen molar-refractivity contribution in [1.82, 2.24) is 19.7 Å². The van der Waals surface area contributed by atoms with E-state index in [-0.39, 0.29) is 11.8 Å². The molecule has 0 bridgehead atoms. The molecular formula is C21H18N4OS2. The van der Waals surface area contributed by atoms with E-state index < -0.39 is 0 Å². The average molecular weight is 407 g/mol. The van der Waals surface area contributed by atoms with Crippen molar-refractivity contribution in [3.63, 3.8) is 0 Å². The summed E-state index contributed by atoms with van der Waals surface area (Å²) in [5.41, 5.74) is 4.47. The average Bonchev–Trinajstić information content (AvgIpc) is 3.47. The minimum Gasteiger partial charge on any atom is -0.331 e. The number of hydrogen-bond donors (Lipinski definition) is 0. The standard InChI is InChI=1S/C21H18N4OS2/c1-24-10-15(9-22-24)17-12-25(11-14-5-2-3-6-16(14)17)21(26)20-23-18(13-28-20)19-7-4-8-27-19/h2-10,13,17H,11-12H2,1H3. The molecule has 0 saturated heterocycles. The number of carbonyl (C=O) groups is 1. The van der Waals surface area contributed by atoms with Crippen molar-refractivity contribution < 1.29 is 4.79 Å². The number of aryl methyl sites for hydroxylation is 1. The lowest BCUT2D eigenvalue weighted by atomic mass is 9.86. The summed E-state index contributed by atoms with van der Waals surface area (Å²) in [5, 5.41) is 8.87. The van der Waals surface area contributed by atoms with Crippen LogP contribution in [0.2, 0.25) is 0 Å². The summed E-state index contributed by atoms with van der Waals surface area (Å²) < 4.78 is 1.81. The van der Waals surface area contributed by atoms with Crippen molar-refractivity contribution in [3.05, 3.63) is 81.2 Å². The van der Waals surface area contributed by atoms with Crippen LogP contribution in [0.25, 0.3) is 10.6 Å². The minimum atomic E-state index is -0.00352. The predicted octanol–water partition coefficient (Wildman–Crippen LogP) is 4.39. The summed E-state index contributed by atoms with van der Waals surface area (Å²) in [4.78, 5) is 20.8. The van der Waals surface area contributed by atoms with Crippen LogP contribution in [0.15, 0.2) is 59.6 Å². The lowest BCUT2D eigenvalue weighted by molar-refractivity contribution is 0.0724. The van der Waals surface area contributed by atoms with Crippen molar-refractivity contribution >= 4 is 28.6 Å². The first-order valence-corrected chi connectivity index (χ1v) is 10.8. The maximum atomic E-state index is 13.2. The fraction of sp³-hybridized carbons (Fsp3) is 0.190. The van der Waals surface area contributed by atoms with Crippen LogP contribution >= 0.6 is 22.7 Å². The first-order valence-electron chi connectivity index (χ1n) is 9.04. The van der Waals surface area contributed by atoms with Crippen LogP contribution in [0.3, 0.4) is 0 Å². The number of amides is 1. The summed E-state index contributed by atoms with van der Waals surface area (Å²) in [6.07, 6.45) is 3.93. The van der Waals surface area contributed by atoms with E-state index in [4.69, 9.17) is 0 Å². The Bertz CT molecular complexity index is 1130. The smallest absolute Gasteiger partial charge is 0.283 e. The summed E-state index contributed by atoms with van der Waals surface area (Å²) in [7, 11) is 1.92. The summed E-state index contributed by atoms with van der Waals surface area (Å²) >= 11 is 3.06. The van der Waals surface area contributed by atoms with Gasteiger partial charge in [-0.1, -0.05) is 30.3 Å². The molecule has 0 fully saturated rings. The van der Waals surface area contributed by atoms with Crippen LogP contribution in [0, 0.1) is 0 Å². The highest BCUT2D eigenvalue weighted by atomic mass is 32.1. The number of aromatic nitrogens is 3. The maximum absolute atomic E-state index is 13.2. The van der Waals surface area contributed by atoms with Gasteiger partial charge in [-0.2, -0.15) is 5.10 Å². The molecule has 0 N–H and O–H groups in total. The molecule has 1 atom stereocenters. The molecule has 28 heavy (non-hydrogen) atoms. The third-order valence-electron chi connectivity index (χ3n) is 5.07. The highest BCUT2D eigenvalue weighted by Gasteiger charge is 2.31. The third-order valence-corrected chi connectivity index (χ3v) is 6.79. The second-order valence-electron chi connectivity index (χ2n) is 6.90. The fourth-order valence-electron chi connectivity index (χ4n) is 3.71. The zero-order chi connectivity index (χ0) is 19.1. The van der Waals surface area contributed by atoms with E-state index in [0.717, 1.165) is 16.1 Å². The van der Waals surface area contributed by atoms with Gasteiger partial charge < -0.3 is 4.90 Å². The molecule has 5 nitrogen and oxygen atoms in total. The van der Waals surface area contributed by atoms with Crippen LogP contribution in [0.5, 0.6) is 0 Å². The molecule has 1 amide bonds. The van der Waals surface area contributed by atoms with E-state index in [0.29, 0.717) is 18.1 Å². The molecule has 5 rings (SSSR count). The van der Waals surface area contributed by atoms with Gasteiger partial charge in [-0.3, -0.25) is 9.48 Å². The minimum absolute atomic E-state index is 0.00352. The van der Waals surface area contributed by atoms with Crippen LogP contribution in [0.4, 0.5) is 0 Å². The van der Waals surface area contributed by atoms with E-state index in [1.165, 1.54) is 22.5 Å². The number of nitrogens with zero attached hydrogens (tertiary/aromatic N) is 4. The number of thiophene rings is 1. The van der Waals surface area contributed by atoms with Gasteiger partial charge in [0.05, 0.1) is 16.8 Å². The molecule has 0 saturated carbocycles. The number of hydrogen-bond acceptors (Lipinski definition) is 5. The zero-order valence-electron chi connectivity index (χ0n) is 15.3. The normalized spacial score (nSPS) is 16.2. The highest BCUT2D eigenvalue weighted by molar-refractivity contribution is 7.15. The molecular weight excluding hydrogens is 388 g/mol. The Kier molecular flexibility index (Phi) is 4.33. The van der Waals surface area contributed by atoms with Crippen LogP contribution in [-0.4, -0.2) is 32.1 Å². The molecule has 1 aliphatic rings. The molecule has 1 unspecified atom stereocenters. The number of rotatable bonds is 3. The Morgan fingerprint density at radius 1 is 1.18 bits per heavy atom. The Balaban J connectivity index is 1.47. The Morgan fingerprint density at radius 3 is 2.86 bits per heavy atom. The summed E-state index contributed by atoms with van der Waals surface area (Å²) in [6.45, 7) is 1.25. The SMILES string of the molecule is Cn1cc(C2CN(C(=O)c3nc(-c4cccs4)cs3)Cc3ccccc32)cn1. The van der Waals surface area contributed by atoms with Crippen molar-refractivity contribution in [2.45, 2.75) is 12.5 Å². The van der Waals surface area contributed by atoms with E-state index in [1.54, 1.807) is 11.3 Å². The molecule has 1 aliphatic heterocycles. The molecule has 1 aromatic carbocycles. The van der Waals surface area contributed by atoms with Crippen molar-refractivity contribution in [3.8, 4) is 10.6 Å². The van der Waals surface area contributed by atoms with E-state index in [9.17, 15) is 4.79 Å². The molecule has 0 aliphatic carbocycles. The van der Waals surface area contributed by atoms with Gasteiger partial charge in [-0.15, -0.1) is 22.7 Å². The molecule has 3 aromatic heterocycles. The van der Waals surface area contributed by atoms with E-state index in [2.05, 4.69) is 28.3 Å². The number of thiazole rings is 1. The Labute approximate surface area is 170 Å². The van der Waals surface area contributed by atoms with Gasteiger partial charge in [0.2, 0.25) is 0 Å². The van der Waals surface area contributed by atoms with Gasteiger partial charge >= 0.3 is 0 Å². The second-order valence-corrected chi connectivity index (χ2v) is 8.71. The van der Waals surface area contributed by atoms with Crippen molar-refractivity contribution in [1.29, 1.82) is 0 Å². The molecule has 140 valence electrons. The van der Waals surface area contributed by atoms with Gasteiger partial charge in [0.15, 0.2) is 5.01 Å². The number of benzene rings is 1. The lowest BCUT2D eigenvalue weighted by Crippen LogP contribution is -2.38. The van der Waals surface area contributed by atoms with Gasteiger partial charge in [-0.05, 0) is 28.1 Å². The Morgan fingerprint density at radius 2 is 2.07 bits per heavy atom. The molecule has 7 heteroatoms. The fourth-order valence-corrected chi connectivity index (χ4v) is 5.26. The predicted molar refractivity (Wildman–Crippen MR) is 112 cm³/mol. The van der Waals surface area contributed by atoms with E-state index in [1.807, 2.05) is 58.0 Å². The molecule has 0 radical (unpaired) electrons. The van der Waals surface area contributed by atoms with E-state index >= 15 is 0 Å². The Hall–Kier alpha value is -2.77. The first-order chi connectivity index (χ1) is 13.7. The van der Waals surface area contributed by atoms with Crippen LogP contribution in [0.1, 0.15) is 32.4 Å². The largest absolute Gasteiger partial charge is 0.331 e. The van der Waals surface area contributed by atoms with Crippen molar-refractivity contribution in [2.24, 2.45) is 7.05 Å². The summed E-state index contributed by atoms with van der Waals surface area (Å²) in [5.74, 6) is 0.121. The number of fused-ring (bicyclic) bond motifs is 1. The summed E-state index contributed by atoms with van der Waals surface area (Å²) in [6, 6.07) is 12.4. The van der Waals surface area contributed by atoms with Gasteiger partial charge in [-0.25, -0.2) is 4.98 Å². The molecule has 4 aromatic rings. The maximum Gasteiger partial charge on any atom is 0.283 e. The van der Waals surface area contributed by atoms with Gasteiger partial charge in [0, 0.05) is 37.6 Å². The first kappa shape index (κ1) is 17.3. The second kappa shape index (κ2) is 7.00. The molecule has 0 spiro atoms. The van der Waals surface area contributed by atoms with Crippen molar-refractivity contribution in [2.75, 3.05) is 6.54 Å². The third kappa shape index (κ3) is 3.06. The monoisotopic (exact) mass is 406 g/mol. The van der Waals surface area contributed by atoms with Crippen LogP contribution < -0.4 is 0 Å². The lowest BCUT2D eigenvalue weighted by Gasteiger charge is -2.34. The zero-order valence-corrected chi connectivity index (χ0v) is 16.9. The van der Waals surface area contributed by atoms with Gasteiger partial charge in [0.1, 0.15) is 0 Å². The number of carbonyl (C=O) groups excluding carboxylic acids is 1. The quantitative estimate of drug-likeness (QED) is 0.507. The highest BCUT2D eigenvalue weighted by Crippen LogP contribution is 2.34. The van der Waals surface area contributed by atoms with Crippen LogP contribution in [-0.2, 0) is 13.6 Å².